The topological polar surface area (TPSA) is 27.1 Å². The van der Waals surface area contributed by atoms with Crippen LogP contribution in [0.5, 0.6) is 5.75 Å². The molecule has 0 unspecified atom stereocenters. The zero-order valence-electron chi connectivity index (χ0n) is 11.1. The minimum atomic E-state index is 0.302. The molecule has 0 aliphatic rings. The van der Waals surface area contributed by atoms with E-state index < -0.39 is 0 Å². The molecule has 0 aliphatic heterocycles. The van der Waals surface area contributed by atoms with E-state index in [1.165, 1.54) is 0 Å². The predicted octanol–water partition coefficient (Wildman–Crippen LogP) is 5.19. The first-order chi connectivity index (χ1) is 10.1. The lowest BCUT2D eigenvalue weighted by atomic mass is 10.2. The Labute approximate surface area is 140 Å². The van der Waals surface area contributed by atoms with Crippen molar-refractivity contribution in [3.63, 3.8) is 0 Å². The van der Waals surface area contributed by atoms with Gasteiger partial charge in [-0.3, -0.25) is 4.57 Å². The summed E-state index contributed by atoms with van der Waals surface area (Å²) in [5.74, 6) is 1.82. The highest BCUT2D eigenvalue weighted by Gasteiger charge is 2.15. The molecule has 0 saturated heterocycles. The molecule has 108 valence electrons. The number of nitrogens with zero attached hydrogens (tertiary/aromatic N) is 2. The second kappa shape index (κ2) is 5.87. The van der Waals surface area contributed by atoms with Crippen molar-refractivity contribution in [3.8, 4) is 11.4 Å². The van der Waals surface area contributed by atoms with Gasteiger partial charge >= 0.3 is 0 Å². The van der Waals surface area contributed by atoms with Crippen LogP contribution in [0.2, 0.25) is 5.02 Å². The third-order valence-electron chi connectivity index (χ3n) is 3.20. The SMILES string of the molecule is COc1ccc(Br)c(-n2c(CCl)nc3cc(Cl)ccc32)c1. The Hall–Kier alpha value is -1.23. The molecule has 3 nitrogen and oxygen atoms in total. The van der Waals surface area contributed by atoms with Crippen LogP contribution >= 0.6 is 39.1 Å². The van der Waals surface area contributed by atoms with Crippen molar-refractivity contribution in [1.82, 2.24) is 9.55 Å². The molecule has 0 atom stereocenters. The van der Waals surface area contributed by atoms with Gasteiger partial charge in [0.15, 0.2) is 0 Å². The Bertz CT molecular complexity index is 817. The maximum Gasteiger partial charge on any atom is 0.129 e. The highest BCUT2D eigenvalue weighted by molar-refractivity contribution is 9.10. The number of rotatable bonds is 3. The number of aromatic nitrogens is 2. The summed E-state index contributed by atoms with van der Waals surface area (Å²) in [6.07, 6.45) is 0. The Kier molecular flexibility index (Phi) is 4.11. The summed E-state index contributed by atoms with van der Waals surface area (Å²) < 4.78 is 8.24. The van der Waals surface area contributed by atoms with Gasteiger partial charge in [-0.15, -0.1) is 11.6 Å². The monoisotopic (exact) mass is 384 g/mol. The largest absolute Gasteiger partial charge is 0.497 e. The molecule has 1 heterocycles. The third-order valence-corrected chi connectivity index (χ3v) is 4.34. The molecule has 1 aromatic heterocycles. The predicted molar refractivity (Wildman–Crippen MR) is 89.9 cm³/mol. The summed E-state index contributed by atoms with van der Waals surface area (Å²) in [6, 6.07) is 11.4. The van der Waals surface area contributed by atoms with Crippen LogP contribution < -0.4 is 4.74 Å². The maximum atomic E-state index is 6.06. The van der Waals surface area contributed by atoms with Crippen molar-refractivity contribution < 1.29 is 4.74 Å². The Morgan fingerprint density at radius 1 is 1.24 bits per heavy atom. The van der Waals surface area contributed by atoms with Crippen molar-refractivity contribution in [2.75, 3.05) is 7.11 Å². The molecule has 0 spiro atoms. The molecule has 0 fully saturated rings. The standard InChI is InChI=1S/C15H11BrCl2N2O/c1-21-10-3-4-11(16)14(7-10)20-13-5-2-9(18)6-12(13)19-15(20)8-17/h2-7H,8H2,1H3. The normalized spacial score (nSPS) is 11.0. The zero-order chi connectivity index (χ0) is 15.0. The van der Waals surface area contributed by atoms with Gasteiger partial charge in [0.2, 0.25) is 0 Å². The third kappa shape index (κ3) is 2.63. The van der Waals surface area contributed by atoms with Gasteiger partial charge in [0.1, 0.15) is 11.6 Å². The number of benzene rings is 2. The minimum Gasteiger partial charge on any atom is -0.497 e. The molecule has 2 aromatic carbocycles. The highest BCUT2D eigenvalue weighted by Crippen LogP contribution is 2.31. The first-order valence-electron chi connectivity index (χ1n) is 6.21. The number of alkyl halides is 1. The molecule has 0 radical (unpaired) electrons. The second-order valence-electron chi connectivity index (χ2n) is 4.45. The molecule has 0 N–H and O–H groups in total. The van der Waals surface area contributed by atoms with Gasteiger partial charge in [-0.25, -0.2) is 4.98 Å². The number of fused-ring (bicyclic) bond motifs is 1. The Balaban J connectivity index is 2.33. The summed E-state index contributed by atoms with van der Waals surface area (Å²) in [5.41, 5.74) is 2.69. The average molecular weight is 386 g/mol. The fraction of sp³-hybridized carbons (Fsp3) is 0.133. The summed E-state index contributed by atoms with van der Waals surface area (Å²) in [7, 11) is 1.64. The molecule has 0 bridgehead atoms. The van der Waals surface area contributed by atoms with E-state index in [-0.39, 0.29) is 0 Å². The van der Waals surface area contributed by atoms with Crippen LogP contribution in [0.4, 0.5) is 0 Å². The average Bonchev–Trinajstić information content (AvgIpc) is 2.85. The maximum absolute atomic E-state index is 6.06. The second-order valence-corrected chi connectivity index (χ2v) is 6.01. The summed E-state index contributed by atoms with van der Waals surface area (Å²) in [6.45, 7) is 0. The van der Waals surface area contributed by atoms with Gasteiger partial charge in [0.05, 0.1) is 29.7 Å². The van der Waals surface area contributed by atoms with Gasteiger partial charge in [-0.05, 0) is 46.3 Å². The number of halogens is 3. The van der Waals surface area contributed by atoms with Crippen molar-refractivity contribution in [3.05, 3.63) is 51.7 Å². The van der Waals surface area contributed by atoms with Crippen LogP contribution in [0.25, 0.3) is 16.7 Å². The molecular formula is C15H11BrCl2N2O. The Morgan fingerprint density at radius 2 is 2.05 bits per heavy atom. The lowest BCUT2D eigenvalue weighted by molar-refractivity contribution is 0.414. The fourth-order valence-corrected chi connectivity index (χ4v) is 3.02. The van der Waals surface area contributed by atoms with Crippen LogP contribution in [0.15, 0.2) is 40.9 Å². The van der Waals surface area contributed by atoms with Crippen LogP contribution in [0.3, 0.4) is 0 Å². The number of imidazole rings is 1. The van der Waals surface area contributed by atoms with E-state index in [2.05, 4.69) is 20.9 Å². The van der Waals surface area contributed by atoms with E-state index in [0.29, 0.717) is 10.9 Å². The van der Waals surface area contributed by atoms with E-state index in [4.69, 9.17) is 27.9 Å². The van der Waals surface area contributed by atoms with Crippen LogP contribution in [-0.2, 0) is 5.88 Å². The van der Waals surface area contributed by atoms with E-state index in [9.17, 15) is 0 Å². The number of hydrogen-bond donors (Lipinski definition) is 0. The molecule has 21 heavy (non-hydrogen) atoms. The van der Waals surface area contributed by atoms with Gasteiger partial charge in [0, 0.05) is 15.6 Å². The summed E-state index contributed by atoms with van der Waals surface area (Å²) >= 11 is 15.7. The van der Waals surface area contributed by atoms with Gasteiger partial charge in [-0.1, -0.05) is 11.6 Å². The summed E-state index contributed by atoms with van der Waals surface area (Å²) in [4.78, 5) is 4.55. The molecule has 3 rings (SSSR count). The van der Waals surface area contributed by atoms with E-state index in [1.54, 1.807) is 7.11 Å². The molecule has 6 heteroatoms. The molecule has 3 aromatic rings. The molecule has 0 saturated carbocycles. The first-order valence-corrected chi connectivity index (χ1v) is 7.91. The Morgan fingerprint density at radius 3 is 2.76 bits per heavy atom. The van der Waals surface area contributed by atoms with E-state index >= 15 is 0 Å². The van der Waals surface area contributed by atoms with Crippen LogP contribution in [-0.4, -0.2) is 16.7 Å². The fourth-order valence-electron chi connectivity index (χ4n) is 2.25. The minimum absolute atomic E-state index is 0.302. The van der Waals surface area contributed by atoms with Gasteiger partial charge < -0.3 is 4.74 Å². The zero-order valence-corrected chi connectivity index (χ0v) is 14.2. The van der Waals surface area contributed by atoms with E-state index in [0.717, 1.165) is 32.8 Å². The van der Waals surface area contributed by atoms with Gasteiger partial charge in [0.25, 0.3) is 0 Å². The quantitative estimate of drug-likeness (QED) is 0.580. The van der Waals surface area contributed by atoms with Crippen molar-refractivity contribution >= 4 is 50.2 Å². The molecule has 0 amide bonds. The number of ether oxygens (including phenoxy) is 1. The highest BCUT2D eigenvalue weighted by atomic mass is 79.9. The lowest BCUT2D eigenvalue weighted by Gasteiger charge is -2.11. The smallest absolute Gasteiger partial charge is 0.129 e. The van der Waals surface area contributed by atoms with Gasteiger partial charge in [-0.2, -0.15) is 0 Å². The number of hydrogen-bond acceptors (Lipinski definition) is 2. The van der Waals surface area contributed by atoms with Crippen molar-refractivity contribution in [1.29, 1.82) is 0 Å². The van der Waals surface area contributed by atoms with Crippen LogP contribution in [0, 0.1) is 0 Å². The first kappa shape index (κ1) is 14.7. The number of methoxy groups -OCH3 is 1. The summed E-state index contributed by atoms with van der Waals surface area (Å²) in [5, 5.41) is 0.651. The van der Waals surface area contributed by atoms with Crippen LogP contribution in [0.1, 0.15) is 5.82 Å². The van der Waals surface area contributed by atoms with Crippen molar-refractivity contribution in [2.24, 2.45) is 0 Å². The lowest BCUT2D eigenvalue weighted by Crippen LogP contribution is -2.01. The molecule has 0 aliphatic carbocycles. The van der Waals surface area contributed by atoms with Crippen molar-refractivity contribution in [2.45, 2.75) is 5.88 Å². The molecular weight excluding hydrogens is 375 g/mol. The van der Waals surface area contributed by atoms with E-state index in [1.807, 2.05) is 41.0 Å².